The molecule has 2 atom stereocenters. The number of hydrogen-bond donors (Lipinski definition) is 0. The summed E-state index contributed by atoms with van der Waals surface area (Å²) in [6.07, 6.45) is 9.66. The predicted molar refractivity (Wildman–Crippen MR) is 136 cm³/mol. The first kappa shape index (κ1) is 21.8. The van der Waals surface area contributed by atoms with Crippen molar-refractivity contribution in [1.82, 2.24) is 9.97 Å². The molecular weight excluding hydrogens is 414 g/mol. The highest BCUT2D eigenvalue weighted by atomic mass is 31.1. The predicted octanol–water partition coefficient (Wildman–Crippen LogP) is 6.18. The highest BCUT2D eigenvalue weighted by Gasteiger charge is 2.16. The Balaban J connectivity index is 1.45. The average Bonchev–Trinajstić information content (AvgIpc) is 2.85. The van der Waals surface area contributed by atoms with Crippen molar-refractivity contribution in [3.63, 3.8) is 0 Å². The fraction of sp³-hybridized carbons (Fsp3) is 0.185. The van der Waals surface area contributed by atoms with Crippen LogP contribution in [0, 0.1) is 0 Å². The molecule has 2 aromatic heterocycles. The molecule has 2 aromatic carbocycles. The normalized spacial score (nSPS) is 12.9. The van der Waals surface area contributed by atoms with Gasteiger partial charge < -0.3 is 0 Å². The Kier molecular flexibility index (Phi) is 8.34. The minimum Gasteiger partial charge on any atom is -0.261 e. The standard InChI is InChI=1S/C27H28N2P2/c1-3-14-26(15-4-1)30(22-24-12-7-9-18-28-24)20-11-21-31(27-16-5-2-6-17-27)23-25-13-8-10-19-29-25/h1-10,12-19H,11,20-23H2. The fourth-order valence-electron chi connectivity index (χ4n) is 3.70. The van der Waals surface area contributed by atoms with E-state index in [0.717, 1.165) is 12.3 Å². The van der Waals surface area contributed by atoms with Gasteiger partial charge in [-0.15, -0.1) is 0 Å². The summed E-state index contributed by atoms with van der Waals surface area (Å²) in [5, 5.41) is 2.97. The Morgan fingerprint density at radius 2 is 0.903 bits per heavy atom. The maximum atomic E-state index is 4.60. The second-order valence-corrected chi connectivity index (χ2v) is 12.2. The summed E-state index contributed by atoms with van der Waals surface area (Å²) >= 11 is 0. The molecule has 2 heterocycles. The van der Waals surface area contributed by atoms with Gasteiger partial charge in [0.1, 0.15) is 0 Å². The zero-order valence-electron chi connectivity index (χ0n) is 17.7. The van der Waals surface area contributed by atoms with Gasteiger partial charge in [-0.25, -0.2) is 0 Å². The van der Waals surface area contributed by atoms with Gasteiger partial charge in [-0.2, -0.15) is 0 Å². The molecule has 0 saturated heterocycles. The maximum absolute atomic E-state index is 4.60. The third-order valence-corrected chi connectivity index (χ3v) is 10.4. The summed E-state index contributed by atoms with van der Waals surface area (Å²) in [4.78, 5) is 9.21. The van der Waals surface area contributed by atoms with Crippen LogP contribution in [-0.2, 0) is 12.3 Å². The molecule has 2 nitrogen and oxygen atoms in total. The van der Waals surface area contributed by atoms with Crippen molar-refractivity contribution in [1.29, 1.82) is 0 Å². The molecule has 31 heavy (non-hydrogen) atoms. The molecular formula is C27H28N2P2. The van der Waals surface area contributed by atoms with Crippen LogP contribution in [0.4, 0.5) is 0 Å². The molecule has 0 amide bonds. The lowest BCUT2D eigenvalue weighted by Crippen LogP contribution is -2.09. The second kappa shape index (κ2) is 11.8. The second-order valence-electron chi connectivity index (χ2n) is 7.51. The summed E-state index contributed by atoms with van der Waals surface area (Å²) in [5.41, 5.74) is 2.41. The largest absolute Gasteiger partial charge is 0.261 e. The van der Waals surface area contributed by atoms with Gasteiger partial charge in [0.2, 0.25) is 0 Å². The van der Waals surface area contributed by atoms with Crippen LogP contribution in [0.25, 0.3) is 0 Å². The molecule has 0 spiro atoms. The van der Waals surface area contributed by atoms with Crippen LogP contribution < -0.4 is 10.6 Å². The monoisotopic (exact) mass is 442 g/mol. The first-order valence-corrected chi connectivity index (χ1v) is 14.2. The number of hydrogen-bond acceptors (Lipinski definition) is 2. The van der Waals surface area contributed by atoms with Crippen LogP contribution in [0.1, 0.15) is 17.8 Å². The molecule has 0 N–H and O–H groups in total. The highest BCUT2D eigenvalue weighted by Crippen LogP contribution is 2.43. The van der Waals surface area contributed by atoms with E-state index in [4.69, 9.17) is 0 Å². The Hall–Kier alpha value is -2.40. The molecule has 156 valence electrons. The molecule has 4 aromatic rings. The number of nitrogens with zero attached hydrogens (tertiary/aromatic N) is 2. The Morgan fingerprint density at radius 3 is 1.29 bits per heavy atom. The van der Waals surface area contributed by atoms with Gasteiger partial charge in [-0.05, 0) is 53.6 Å². The molecule has 0 saturated carbocycles. The van der Waals surface area contributed by atoms with Gasteiger partial charge in [0.15, 0.2) is 0 Å². The zero-order valence-corrected chi connectivity index (χ0v) is 19.5. The molecule has 0 fully saturated rings. The number of aromatic nitrogens is 2. The lowest BCUT2D eigenvalue weighted by atomic mass is 10.4. The SMILES string of the molecule is c1ccc(P(CCCP(Cc2ccccn2)c2ccccc2)Cc2ccccn2)cc1. The fourth-order valence-corrected chi connectivity index (χ4v) is 8.57. The summed E-state index contributed by atoms with van der Waals surface area (Å²) in [5.74, 6) is 0. The first-order valence-electron chi connectivity index (χ1n) is 10.8. The summed E-state index contributed by atoms with van der Waals surface area (Å²) in [7, 11) is -0.517. The van der Waals surface area contributed by atoms with E-state index in [1.165, 1.54) is 40.7 Å². The van der Waals surface area contributed by atoms with E-state index >= 15 is 0 Å². The topological polar surface area (TPSA) is 25.8 Å². The Bertz CT molecular complexity index is 927. The lowest BCUT2D eigenvalue weighted by Gasteiger charge is -2.21. The van der Waals surface area contributed by atoms with E-state index in [1.807, 2.05) is 24.5 Å². The van der Waals surface area contributed by atoms with Crippen molar-refractivity contribution in [3.05, 3.63) is 121 Å². The third kappa shape index (κ3) is 6.79. The first-order chi connectivity index (χ1) is 15.4. The van der Waals surface area contributed by atoms with Crippen LogP contribution in [0.5, 0.6) is 0 Å². The molecule has 0 aliphatic rings. The molecule has 0 aliphatic heterocycles. The quantitative estimate of drug-likeness (QED) is 0.274. The highest BCUT2D eigenvalue weighted by molar-refractivity contribution is 7.65. The van der Waals surface area contributed by atoms with Gasteiger partial charge in [0.05, 0.1) is 0 Å². The van der Waals surface area contributed by atoms with Gasteiger partial charge >= 0.3 is 0 Å². The minimum atomic E-state index is -0.259. The van der Waals surface area contributed by atoms with Crippen LogP contribution in [0.2, 0.25) is 0 Å². The van der Waals surface area contributed by atoms with Gasteiger partial charge in [-0.3, -0.25) is 9.97 Å². The number of benzene rings is 2. The number of pyridine rings is 2. The van der Waals surface area contributed by atoms with Crippen LogP contribution in [0.3, 0.4) is 0 Å². The molecule has 4 rings (SSSR count). The molecule has 0 bridgehead atoms. The summed E-state index contributed by atoms with van der Waals surface area (Å²) < 4.78 is 0. The van der Waals surface area contributed by atoms with Crippen molar-refractivity contribution < 1.29 is 0 Å². The third-order valence-electron chi connectivity index (χ3n) is 5.26. The maximum Gasteiger partial charge on any atom is 0.0449 e. The van der Waals surface area contributed by atoms with Gasteiger partial charge in [0, 0.05) is 36.1 Å². The van der Waals surface area contributed by atoms with Gasteiger partial charge in [0.25, 0.3) is 0 Å². The van der Waals surface area contributed by atoms with E-state index in [1.54, 1.807) is 0 Å². The number of rotatable bonds is 10. The van der Waals surface area contributed by atoms with Crippen LogP contribution in [-0.4, -0.2) is 22.3 Å². The van der Waals surface area contributed by atoms with Crippen LogP contribution >= 0.6 is 15.8 Å². The average molecular weight is 442 g/mol. The molecule has 2 unspecified atom stereocenters. The molecule has 4 heteroatoms. The van der Waals surface area contributed by atoms with E-state index in [-0.39, 0.29) is 15.8 Å². The van der Waals surface area contributed by atoms with Crippen LogP contribution in [0.15, 0.2) is 109 Å². The van der Waals surface area contributed by atoms with Crippen molar-refractivity contribution in [2.75, 3.05) is 12.3 Å². The molecule has 0 aliphatic carbocycles. The van der Waals surface area contributed by atoms with Crippen molar-refractivity contribution >= 4 is 26.5 Å². The molecule has 0 radical (unpaired) electrons. The minimum absolute atomic E-state index is 0.259. The smallest absolute Gasteiger partial charge is 0.0449 e. The van der Waals surface area contributed by atoms with Crippen molar-refractivity contribution in [2.45, 2.75) is 18.7 Å². The van der Waals surface area contributed by atoms with E-state index in [2.05, 4.69) is 94.9 Å². The van der Waals surface area contributed by atoms with Gasteiger partial charge in [-0.1, -0.05) is 88.6 Å². The lowest BCUT2D eigenvalue weighted by molar-refractivity contribution is 1.08. The summed E-state index contributed by atoms with van der Waals surface area (Å²) in [6, 6.07) is 34.6. The van der Waals surface area contributed by atoms with Crippen molar-refractivity contribution in [2.24, 2.45) is 0 Å². The summed E-state index contributed by atoms with van der Waals surface area (Å²) in [6.45, 7) is 0. The van der Waals surface area contributed by atoms with E-state index < -0.39 is 0 Å². The Morgan fingerprint density at radius 1 is 0.484 bits per heavy atom. The van der Waals surface area contributed by atoms with E-state index in [0.29, 0.717) is 0 Å². The zero-order chi connectivity index (χ0) is 21.1. The van der Waals surface area contributed by atoms with Crippen molar-refractivity contribution in [3.8, 4) is 0 Å². The Labute approximate surface area is 188 Å². The van der Waals surface area contributed by atoms with E-state index in [9.17, 15) is 0 Å².